The first-order chi connectivity index (χ1) is 16.9. The molecule has 1 aliphatic carbocycles. The summed E-state index contributed by atoms with van der Waals surface area (Å²) in [5.41, 5.74) is 5.24. The van der Waals surface area contributed by atoms with Gasteiger partial charge in [0.25, 0.3) is 5.91 Å². The van der Waals surface area contributed by atoms with Gasteiger partial charge in [-0.2, -0.15) is 0 Å². The molecule has 0 aliphatic heterocycles. The summed E-state index contributed by atoms with van der Waals surface area (Å²) in [6, 6.07) is 21.0. The molecule has 0 fully saturated rings. The highest BCUT2D eigenvalue weighted by Crippen LogP contribution is 2.44. The van der Waals surface area contributed by atoms with Gasteiger partial charge in [-0.05, 0) is 40.5 Å². The molecule has 9 heteroatoms. The molecule has 8 nitrogen and oxygen atoms in total. The molecule has 3 N–H and O–H groups in total. The Hall–Kier alpha value is -3.69. The van der Waals surface area contributed by atoms with Gasteiger partial charge in [-0.25, -0.2) is 9.59 Å². The molecule has 0 saturated heterocycles. The minimum Gasteiger partial charge on any atom is -0.480 e. The van der Waals surface area contributed by atoms with Crippen LogP contribution >= 0.6 is 15.9 Å². The van der Waals surface area contributed by atoms with Crippen molar-refractivity contribution in [2.75, 3.05) is 31.7 Å². The maximum atomic E-state index is 12.6. The summed E-state index contributed by atoms with van der Waals surface area (Å²) in [5.74, 6) is -1.52. The number of aliphatic carboxylic acids is 1. The maximum Gasteiger partial charge on any atom is 0.411 e. The predicted octanol–water partition coefficient (Wildman–Crippen LogP) is 4.64. The van der Waals surface area contributed by atoms with Gasteiger partial charge in [0.05, 0.1) is 6.61 Å². The van der Waals surface area contributed by atoms with Crippen LogP contribution in [0.3, 0.4) is 0 Å². The van der Waals surface area contributed by atoms with Crippen LogP contribution in [-0.4, -0.2) is 49.4 Å². The Bertz CT molecular complexity index is 1220. The molecule has 0 bridgehead atoms. The fourth-order valence-corrected chi connectivity index (χ4v) is 4.54. The van der Waals surface area contributed by atoms with Crippen molar-refractivity contribution in [1.29, 1.82) is 0 Å². The fraction of sp³-hybridized carbons (Fsp3) is 0.192. The first kappa shape index (κ1) is 24.4. The smallest absolute Gasteiger partial charge is 0.411 e. The molecule has 1 aliphatic rings. The Balaban J connectivity index is 1.35. The number of rotatable bonds is 9. The zero-order valence-corrected chi connectivity index (χ0v) is 20.2. The molecule has 0 radical (unpaired) electrons. The molecule has 0 saturated carbocycles. The fourth-order valence-electron chi connectivity index (χ4n) is 4.04. The number of carbonyl (C=O) groups is 3. The molecule has 0 heterocycles. The Labute approximate surface area is 210 Å². The van der Waals surface area contributed by atoms with Crippen LogP contribution in [-0.2, 0) is 14.3 Å². The molecule has 35 heavy (non-hydrogen) atoms. The summed E-state index contributed by atoms with van der Waals surface area (Å²) in [4.78, 5) is 35.4. The van der Waals surface area contributed by atoms with E-state index in [4.69, 9.17) is 14.6 Å². The number of anilines is 1. The van der Waals surface area contributed by atoms with E-state index < -0.39 is 18.7 Å². The first-order valence-corrected chi connectivity index (χ1v) is 11.7. The number of carboxylic acids is 1. The Morgan fingerprint density at radius 2 is 1.60 bits per heavy atom. The summed E-state index contributed by atoms with van der Waals surface area (Å²) in [5, 5.41) is 13.9. The number of fused-ring (bicyclic) bond motifs is 3. The number of carbonyl (C=O) groups excluding carboxylic acids is 2. The van der Waals surface area contributed by atoms with E-state index in [1.54, 1.807) is 12.1 Å². The summed E-state index contributed by atoms with van der Waals surface area (Å²) in [6.07, 6.45) is -0.626. The van der Waals surface area contributed by atoms with E-state index in [1.807, 2.05) is 36.4 Å². The van der Waals surface area contributed by atoms with Crippen LogP contribution in [0.15, 0.2) is 71.2 Å². The quantitative estimate of drug-likeness (QED) is 0.342. The molecule has 0 aromatic heterocycles. The highest BCUT2D eigenvalue weighted by molar-refractivity contribution is 9.10. The van der Waals surface area contributed by atoms with Crippen LogP contribution in [0.4, 0.5) is 10.5 Å². The number of hydrogen-bond acceptors (Lipinski definition) is 5. The van der Waals surface area contributed by atoms with Crippen molar-refractivity contribution in [2.45, 2.75) is 5.92 Å². The van der Waals surface area contributed by atoms with E-state index in [1.165, 1.54) is 6.07 Å². The van der Waals surface area contributed by atoms with Crippen LogP contribution < -0.4 is 10.6 Å². The average Bonchev–Trinajstić information content (AvgIpc) is 3.15. The van der Waals surface area contributed by atoms with Gasteiger partial charge in [-0.1, -0.05) is 64.5 Å². The minimum absolute atomic E-state index is 0.0552. The molecule has 0 spiro atoms. The average molecular weight is 539 g/mol. The van der Waals surface area contributed by atoms with Crippen molar-refractivity contribution in [2.24, 2.45) is 0 Å². The summed E-state index contributed by atoms with van der Waals surface area (Å²) in [6.45, 7) is -0.0385. The van der Waals surface area contributed by atoms with Gasteiger partial charge in [-0.15, -0.1) is 0 Å². The van der Waals surface area contributed by atoms with Gasteiger partial charge in [-0.3, -0.25) is 10.1 Å². The van der Waals surface area contributed by atoms with Gasteiger partial charge >= 0.3 is 12.1 Å². The molecular weight excluding hydrogens is 516 g/mol. The molecule has 3 aromatic rings. The number of ether oxygens (including phenoxy) is 2. The zero-order valence-electron chi connectivity index (χ0n) is 18.6. The molecule has 4 rings (SSSR count). The largest absolute Gasteiger partial charge is 0.480 e. The number of amides is 2. The van der Waals surface area contributed by atoms with Gasteiger partial charge in [0, 0.05) is 28.2 Å². The lowest BCUT2D eigenvalue weighted by molar-refractivity contribution is -0.142. The monoisotopic (exact) mass is 538 g/mol. The Morgan fingerprint density at radius 1 is 0.943 bits per heavy atom. The third-order valence-corrected chi connectivity index (χ3v) is 5.97. The third kappa shape index (κ3) is 6.06. The summed E-state index contributed by atoms with van der Waals surface area (Å²) in [7, 11) is 0. The third-order valence-electron chi connectivity index (χ3n) is 5.51. The summed E-state index contributed by atoms with van der Waals surface area (Å²) >= 11 is 3.35. The lowest BCUT2D eigenvalue weighted by atomic mass is 9.98. The van der Waals surface area contributed by atoms with Crippen LogP contribution in [0.5, 0.6) is 0 Å². The molecule has 180 valence electrons. The highest BCUT2D eigenvalue weighted by atomic mass is 79.9. The van der Waals surface area contributed by atoms with Gasteiger partial charge in [0.15, 0.2) is 0 Å². The van der Waals surface area contributed by atoms with Gasteiger partial charge in [0.2, 0.25) is 0 Å². The topological polar surface area (TPSA) is 114 Å². The van der Waals surface area contributed by atoms with Crippen molar-refractivity contribution < 1.29 is 29.0 Å². The second-order valence-electron chi connectivity index (χ2n) is 7.88. The Kier molecular flexibility index (Phi) is 7.79. The van der Waals surface area contributed by atoms with Crippen molar-refractivity contribution in [3.05, 3.63) is 87.9 Å². The van der Waals surface area contributed by atoms with E-state index >= 15 is 0 Å². The molecular formula is C26H23BrN2O6. The number of benzene rings is 3. The van der Waals surface area contributed by atoms with E-state index in [9.17, 15) is 14.4 Å². The second-order valence-corrected chi connectivity index (χ2v) is 8.80. The van der Waals surface area contributed by atoms with Crippen molar-refractivity contribution in [1.82, 2.24) is 5.32 Å². The Morgan fingerprint density at radius 3 is 2.26 bits per heavy atom. The van der Waals surface area contributed by atoms with E-state index in [0.29, 0.717) is 15.7 Å². The van der Waals surface area contributed by atoms with Crippen LogP contribution in [0.1, 0.15) is 27.4 Å². The van der Waals surface area contributed by atoms with Gasteiger partial charge in [0.1, 0.15) is 13.2 Å². The van der Waals surface area contributed by atoms with Crippen molar-refractivity contribution in [3.8, 4) is 11.1 Å². The highest BCUT2D eigenvalue weighted by Gasteiger charge is 2.29. The molecule has 3 aromatic carbocycles. The van der Waals surface area contributed by atoms with Crippen LogP contribution in [0, 0.1) is 0 Å². The molecule has 2 amide bonds. The predicted molar refractivity (Wildman–Crippen MR) is 134 cm³/mol. The number of hydrogen-bond donors (Lipinski definition) is 3. The van der Waals surface area contributed by atoms with Crippen LogP contribution in [0.25, 0.3) is 11.1 Å². The van der Waals surface area contributed by atoms with E-state index in [0.717, 1.165) is 22.3 Å². The van der Waals surface area contributed by atoms with Gasteiger partial charge < -0.3 is 19.9 Å². The second kappa shape index (κ2) is 11.2. The first-order valence-electron chi connectivity index (χ1n) is 10.9. The lowest BCUT2D eigenvalue weighted by Gasteiger charge is -2.15. The number of carboxylic acid groups (broad SMARTS) is 1. The maximum absolute atomic E-state index is 12.6. The standard InChI is InChI=1S/C26H23BrN2O6/c27-17-11-16(25(32)28-9-10-34-15-24(30)31)12-18(13-17)29-26(33)35-14-23-21-7-3-1-5-19(21)20-6-2-4-8-22(20)23/h1-8,11-13,23H,9-10,14-15H2,(H,28,32)(H,29,33)(H,30,31). The van der Waals surface area contributed by atoms with E-state index in [2.05, 4.69) is 38.7 Å². The minimum atomic E-state index is -1.08. The SMILES string of the molecule is O=C(O)COCCNC(=O)c1cc(Br)cc(NC(=O)OCC2c3ccccc3-c3ccccc32)c1. The lowest BCUT2D eigenvalue weighted by Crippen LogP contribution is -2.28. The van der Waals surface area contributed by atoms with Crippen LogP contribution in [0.2, 0.25) is 0 Å². The normalized spacial score (nSPS) is 11.9. The van der Waals surface area contributed by atoms with E-state index in [-0.39, 0.29) is 31.6 Å². The summed E-state index contributed by atoms with van der Waals surface area (Å²) < 4.78 is 11.1. The van der Waals surface area contributed by atoms with Crippen molar-refractivity contribution in [3.63, 3.8) is 0 Å². The zero-order chi connectivity index (χ0) is 24.8. The number of nitrogens with one attached hydrogen (secondary N) is 2. The molecule has 0 unspecified atom stereocenters. The van der Waals surface area contributed by atoms with Crippen molar-refractivity contribution >= 4 is 39.6 Å². The molecule has 0 atom stereocenters. The number of halogens is 1.